The van der Waals surface area contributed by atoms with Gasteiger partial charge in [0.15, 0.2) is 0 Å². The molecule has 0 aliphatic heterocycles. The summed E-state index contributed by atoms with van der Waals surface area (Å²) in [7, 11) is 4.33. The predicted octanol–water partition coefficient (Wildman–Crippen LogP) is 12.7. The van der Waals surface area contributed by atoms with Crippen LogP contribution in [-0.4, -0.2) is 36.6 Å². The van der Waals surface area contributed by atoms with Crippen LogP contribution in [0.4, 0.5) is 0 Å². The molecule has 3 nitrogen and oxygen atoms in total. The van der Waals surface area contributed by atoms with Gasteiger partial charge in [-0.3, -0.25) is 4.79 Å². The standard InChI is InChI=1S/C20H41N.C18H34O2/c1-4-5-6-7-8-9-10-11-12-13-14-15-16-17-18-19-20-21(2)3;1-2-3-4-5-6-7-8-9-10-11-12-13-14-15-16-17-18(19)20/h11-12H,4-10,13-20H2,1-3H3;9-10H,2-8,11-17H2,1H3,(H,19,20)/b12-11+;10-9+. The normalized spacial score (nSPS) is 11.5. The van der Waals surface area contributed by atoms with Crippen LogP contribution >= 0.6 is 0 Å². The summed E-state index contributed by atoms with van der Waals surface area (Å²) in [6, 6.07) is 0. The minimum absolute atomic E-state index is 0.332. The molecule has 0 bridgehead atoms. The first kappa shape index (κ1) is 42.0. The SMILES string of the molecule is CCCCCCCC/C=C/CCCCCCCC(=O)O.CCCCCCCC/C=C/CCCCCCCCN(C)C. The van der Waals surface area contributed by atoms with Gasteiger partial charge < -0.3 is 10.0 Å². The molecular formula is C38H75NO2. The van der Waals surface area contributed by atoms with Gasteiger partial charge in [-0.1, -0.05) is 147 Å². The maximum atomic E-state index is 10.3. The molecule has 0 aromatic rings. The Morgan fingerprint density at radius 2 is 0.756 bits per heavy atom. The van der Waals surface area contributed by atoms with Gasteiger partial charge in [0.1, 0.15) is 0 Å². The maximum Gasteiger partial charge on any atom is 0.303 e. The Bertz CT molecular complexity index is 540. The zero-order chi connectivity index (χ0) is 30.5. The van der Waals surface area contributed by atoms with Crippen LogP contribution in [0.25, 0.3) is 0 Å². The van der Waals surface area contributed by atoms with Crippen LogP contribution in [0.1, 0.15) is 194 Å². The summed E-state index contributed by atoms with van der Waals surface area (Å²) in [6.07, 6.45) is 45.6. The average molecular weight is 578 g/mol. The lowest BCUT2D eigenvalue weighted by Crippen LogP contribution is -2.12. The summed E-state index contributed by atoms with van der Waals surface area (Å²) in [5, 5.41) is 8.51. The minimum Gasteiger partial charge on any atom is -0.481 e. The highest BCUT2D eigenvalue weighted by molar-refractivity contribution is 5.66. The van der Waals surface area contributed by atoms with E-state index in [1.54, 1.807) is 0 Å². The van der Waals surface area contributed by atoms with Crippen LogP contribution in [-0.2, 0) is 4.79 Å². The van der Waals surface area contributed by atoms with Crippen molar-refractivity contribution in [1.29, 1.82) is 0 Å². The molecule has 0 radical (unpaired) electrons. The second-order valence-corrected chi connectivity index (χ2v) is 12.5. The van der Waals surface area contributed by atoms with Crippen LogP contribution < -0.4 is 0 Å². The number of aliphatic carboxylic acids is 1. The van der Waals surface area contributed by atoms with Gasteiger partial charge in [-0.2, -0.15) is 0 Å². The molecular weight excluding hydrogens is 502 g/mol. The lowest BCUT2D eigenvalue weighted by atomic mass is 10.1. The number of hydrogen-bond donors (Lipinski definition) is 1. The van der Waals surface area contributed by atoms with Gasteiger partial charge in [-0.25, -0.2) is 0 Å². The Morgan fingerprint density at radius 1 is 0.463 bits per heavy atom. The molecule has 0 aromatic carbocycles. The number of carboxylic acid groups (broad SMARTS) is 1. The van der Waals surface area contributed by atoms with E-state index in [0.29, 0.717) is 6.42 Å². The first-order valence-electron chi connectivity index (χ1n) is 18.2. The van der Waals surface area contributed by atoms with E-state index in [1.807, 2.05) is 0 Å². The third-order valence-electron chi connectivity index (χ3n) is 7.77. The van der Waals surface area contributed by atoms with Crippen molar-refractivity contribution in [3.63, 3.8) is 0 Å². The molecule has 244 valence electrons. The minimum atomic E-state index is -0.664. The molecule has 0 aliphatic carbocycles. The van der Waals surface area contributed by atoms with E-state index in [2.05, 4.69) is 57.1 Å². The summed E-state index contributed by atoms with van der Waals surface area (Å²) < 4.78 is 0. The fourth-order valence-corrected chi connectivity index (χ4v) is 5.02. The largest absolute Gasteiger partial charge is 0.481 e. The van der Waals surface area contributed by atoms with Gasteiger partial charge >= 0.3 is 5.97 Å². The zero-order valence-electron chi connectivity index (χ0n) is 28.6. The fraction of sp³-hybridized carbons (Fsp3) is 0.868. The van der Waals surface area contributed by atoms with Crippen molar-refractivity contribution in [3.8, 4) is 0 Å². The molecule has 0 amide bonds. The Kier molecular flexibility index (Phi) is 39.9. The van der Waals surface area contributed by atoms with Crippen molar-refractivity contribution in [2.24, 2.45) is 0 Å². The smallest absolute Gasteiger partial charge is 0.303 e. The van der Waals surface area contributed by atoms with Crippen molar-refractivity contribution in [2.75, 3.05) is 20.6 Å². The van der Waals surface area contributed by atoms with E-state index in [4.69, 9.17) is 5.11 Å². The Morgan fingerprint density at radius 3 is 1.07 bits per heavy atom. The van der Waals surface area contributed by atoms with Crippen LogP contribution in [0.3, 0.4) is 0 Å². The van der Waals surface area contributed by atoms with Gasteiger partial charge in [-0.05, 0) is 84.8 Å². The highest BCUT2D eigenvalue weighted by atomic mass is 16.4. The molecule has 0 aliphatic rings. The van der Waals surface area contributed by atoms with Crippen molar-refractivity contribution in [3.05, 3.63) is 24.3 Å². The predicted molar refractivity (Wildman–Crippen MR) is 185 cm³/mol. The molecule has 0 heterocycles. The number of nitrogens with zero attached hydrogens (tertiary/aromatic N) is 1. The summed E-state index contributed by atoms with van der Waals surface area (Å²) in [6.45, 7) is 5.79. The molecule has 0 fully saturated rings. The summed E-state index contributed by atoms with van der Waals surface area (Å²) >= 11 is 0. The van der Waals surface area contributed by atoms with Crippen LogP contribution in [0.2, 0.25) is 0 Å². The maximum absolute atomic E-state index is 10.3. The van der Waals surface area contributed by atoms with E-state index in [0.717, 1.165) is 12.8 Å². The van der Waals surface area contributed by atoms with Crippen molar-refractivity contribution in [2.45, 2.75) is 194 Å². The number of allylic oxidation sites excluding steroid dienone is 4. The Balaban J connectivity index is 0. The number of carbonyl (C=O) groups is 1. The zero-order valence-corrected chi connectivity index (χ0v) is 28.6. The first-order valence-corrected chi connectivity index (χ1v) is 18.2. The highest BCUT2D eigenvalue weighted by Gasteiger charge is 1.96. The molecule has 0 unspecified atom stereocenters. The van der Waals surface area contributed by atoms with E-state index in [9.17, 15) is 4.79 Å². The number of carboxylic acids is 1. The summed E-state index contributed by atoms with van der Waals surface area (Å²) in [5.41, 5.74) is 0. The van der Waals surface area contributed by atoms with Crippen molar-refractivity contribution >= 4 is 5.97 Å². The van der Waals surface area contributed by atoms with E-state index >= 15 is 0 Å². The van der Waals surface area contributed by atoms with Crippen molar-refractivity contribution < 1.29 is 9.90 Å². The summed E-state index contributed by atoms with van der Waals surface area (Å²) in [5.74, 6) is -0.664. The lowest BCUT2D eigenvalue weighted by molar-refractivity contribution is -0.137. The van der Waals surface area contributed by atoms with Gasteiger partial charge in [-0.15, -0.1) is 0 Å². The first-order chi connectivity index (χ1) is 20.0. The summed E-state index contributed by atoms with van der Waals surface area (Å²) in [4.78, 5) is 12.6. The molecule has 1 N–H and O–H groups in total. The average Bonchev–Trinajstić information content (AvgIpc) is 2.95. The third kappa shape index (κ3) is 46.1. The second-order valence-electron chi connectivity index (χ2n) is 12.5. The molecule has 0 saturated heterocycles. The van der Waals surface area contributed by atoms with Crippen LogP contribution in [0.15, 0.2) is 24.3 Å². The molecule has 0 saturated carbocycles. The monoisotopic (exact) mass is 578 g/mol. The topological polar surface area (TPSA) is 40.5 Å². The number of rotatable bonds is 31. The molecule has 3 heteroatoms. The van der Waals surface area contributed by atoms with Gasteiger partial charge in [0.05, 0.1) is 0 Å². The number of hydrogen-bond acceptors (Lipinski definition) is 2. The lowest BCUT2D eigenvalue weighted by Gasteiger charge is -2.08. The van der Waals surface area contributed by atoms with Gasteiger partial charge in [0.2, 0.25) is 0 Å². The molecule has 0 aromatic heterocycles. The second kappa shape index (κ2) is 38.9. The molecule has 0 rings (SSSR count). The molecule has 0 spiro atoms. The molecule has 0 atom stereocenters. The Hall–Kier alpha value is -1.09. The van der Waals surface area contributed by atoms with Gasteiger partial charge in [0, 0.05) is 6.42 Å². The fourth-order valence-electron chi connectivity index (χ4n) is 5.02. The van der Waals surface area contributed by atoms with Crippen LogP contribution in [0.5, 0.6) is 0 Å². The van der Waals surface area contributed by atoms with E-state index in [-0.39, 0.29) is 0 Å². The highest BCUT2D eigenvalue weighted by Crippen LogP contribution is 2.11. The number of unbranched alkanes of at least 4 members (excludes halogenated alkanes) is 23. The molecule has 41 heavy (non-hydrogen) atoms. The van der Waals surface area contributed by atoms with Crippen LogP contribution in [0, 0.1) is 0 Å². The van der Waals surface area contributed by atoms with E-state index in [1.165, 1.54) is 167 Å². The third-order valence-corrected chi connectivity index (χ3v) is 7.77. The van der Waals surface area contributed by atoms with Gasteiger partial charge in [0.25, 0.3) is 0 Å². The van der Waals surface area contributed by atoms with Crippen molar-refractivity contribution in [1.82, 2.24) is 4.90 Å². The Labute approximate surface area is 259 Å². The van der Waals surface area contributed by atoms with E-state index < -0.39 is 5.97 Å². The quantitative estimate of drug-likeness (QED) is 0.0658.